The zero-order chi connectivity index (χ0) is 19.6. The topological polar surface area (TPSA) is 101 Å². The first kappa shape index (κ1) is 20.0. The van der Waals surface area contributed by atoms with Gasteiger partial charge < -0.3 is 9.64 Å². The maximum Gasteiger partial charge on any atom is 0.264 e. The fraction of sp³-hybridized carbons (Fsp3) is 0.438. The molecule has 146 valence electrons. The average molecular weight is 431 g/mol. The van der Waals surface area contributed by atoms with Crippen LogP contribution in [-0.2, 0) is 26.0 Å². The highest BCUT2D eigenvalue weighted by Gasteiger charge is 2.23. The maximum absolute atomic E-state index is 12.7. The van der Waals surface area contributed by atoms with Crippen LogP contribution in [-0.4, -0.2) is 54.9 Å². The fourth-order valence-corrected chi connectivity index (χ4v) is 5.51. The second-order valence-corrected chi connectivity index (χ2v) is 8.97. The quantitative estimate of drug-likeness (QED) is 0.778. The van der Waals surface area contributed by atoms with Gasteiger partial charge in [-0.1, -0.05) is 11.6 Å². The number of nitrogens with zero attached hydrogens (tertiary/aromatic N) is 3. The summed E-state index contributed by atoms with van der Waals surface area (Å²) in [5.74, 6) is 0.189. The van der Waals surface area contributed by atoms with Gasteiger partial charge in [-0.2, -0.15) is 4.37 Å². The normalized spacial score (nSPS) is 15.0. The van der Waals surface area contributed by atoms with Crippen LogP contribution in [0.15, 0.2) is 17.0 Å². The number of morpholine rings is 1. The number of hydrogen-bond donors (Lipinski definition) is 1. The Morgan fingerprint density at radius 3 is 2.56 bits per heavy atom. The van der Waals surface area contributed by atoms with E-state index >= 15 is 0 Å². The smallest absolute Gasteiger partial charge is 0.264 e. The Morgan fingerprint density at radius 2 is 1.93 bits per heavy atom. The van der Waals surface area contributed by atoms with Crippen LogP contribution in [0.5, 0.6) is 0 Å². The number of carbonyl (C=O) groups excluding carboxylic acids is 1. The predicted molar refractivity (Wildman–Crippen MR) is 103 cm³/mol. The van der Waals surface area contributed by atoms with Crippen molar-refractivity contribution < 1.29 is 17.9 Å². The summed E-state index contributed by atoms with van der Waals surface area (Å²) in [6.07, 6.45) is 0.0250. The summed E-state index contributed by atoms with van der Waals surface area (Å²) in [4.78, 5) is 18.2. The predicted octanol–water partition coefficient (Wildman–Crippen LogP) is 2.01. The van der Waals surface area contributed by atoms with Crippen LogP contribution in [0.25, 0.3) is 0 Å². The maximum atomic E-state index is 12.7. The summed E-state index contributed by atoms with van der Waals surface area (Å²) >= 11 is 6.87. The Hall–Kier alpha value is -1.75. The third kappa shape index (κ3) is 4.75. The largest absolute Gasteiger partial charge is 0.378 e. The molecule has 11 heteroatoms. The van der Waals surface area contributed by atoms with Crippen LogP contribution in [0.3, 0.4) is 0 Å². The first-order valence-corrected chi connectivity index (χ1v) is 10.9. The molecule has 27 heavy (non-hydrogen) atoms. The Labute approximate surface area is 166 Å². The van der Waals surface area contributed by atoms with E-state index in [1.54, 1.807) is 30.9 Å². The van der Waals surface area contributed by atoms with Gasteiger partial charge in [0.15, 0.2) is 5.82 Å². The number of aryl methyl sites for hydroxylation is 2. The molecule has 2 aromatic rings. The van der Waals surface area contributed by atoms with Gasteiger partial charge in [0.05, 0.1) is 24.5 Å². The fourth-order valence-electron chi connectivity index (χ4n) is 2.91. The van der Waals surface area contributed by atoms with E-state index in [0.717, 1.165) is 11.5 Å². The molecule has 0 spiro atoms. The molecule has 0 aliphatic carbocycles. The lowest BCUT2D eigenvalue weighted by atomic mass is 10.2. The van der Waals surface area contributed by atoms with Crippen molar-refractivity contribution in [2.45, 2.75) is 25.2 Å². The molecule has 0 bridgehead atoms. The molecular weight excluding hydrogens is 412 g/mol. The van der Waals surface area contributed by atoms with Gasteiger partial charge in [-0.25, -0.2) is 13.4 Å². The lowest BCUT2D eigenvalue weighted by Gasteiger charge is -2.26. The summed E-state index contributed by atoms with van der Waals surface area (Å²) in [5.41, 5.74) is 1.08. The number of rotatable bonds is 5. The van der Waals surface area contributed by atoms with E-state index in [9.17, 15) is 13.2 Å². The Balaban J connectivity index is 1.72. The van der Waals surface area contributed by atoms with Gasteiger partial charge in [0, 0.05) is 29.6 Å². The van der Waals surface area contributed by atoms with Gasteiger partial charge in [-0.05, 0) is 37.1 Å². The minimum absolute atomic E-state index is 0.0250. The molecule has 1 aromatic heterocycles. The highest BCUT2D eigenvalue weighted by Crippen LogP contribution is 2.26. The van der Waals surface area contributed by atoms with Gasteiger partial charge in [-0.3, -0.25) is 9.52 Å². The van der Waals surface area contributed by atoms with Gasteiger partial charge in [0.25, 0.3) is 10.0 Å². The molecule has 0 radical (unpaired) electrons. The van der Waals surface area contributed by atoms with Crippen molar-refractivity contribution in [1.82, 2.24) is 14.3 Å². The van der Waals surface area contributed by atoms with Gasteiger partial charge in [0.2, 0.25) is 11.0 Å². The number of hydrogen-bond acceptors (Lipinski definition) is 7. The first-order chi connectivity index (χ1) is 12.8. The van der Waals surface area contributed by atoms with E-state index in [1.807, 2.05) is 0 Å². The molecule has 0 atom stereocenters. The minimum Gasteiger partial charge on any atom is -0.378 e. The molecule has 3 rings (SSSR count). The summed E-state index contributed by atoms with van der Waals surface area (Å²) in [6, 6.07) is 3.19. The number of anilines is 1. The van der Waals surface area contributed by atoms with Crippen LogP contribution in [0, 0.1) is 13.8 Å². The second-order valence-electron chi connectivity index (χ2n) is 6.16. The number of benzene rings is 1. The summed E-state index contributed by atoms with van der Waals surface area (Å²) < 4.78 is 37.2. The molecule has 1 aliphatic rings. The molecule has 0 unspecified atom stereocenters. The third-order valence-electron chi connectivity index (χ3n) is 4.06. The van der Waals surface area contributed by atoms with Crippen molar-refractivity contribution in [3.63, 3.8) is 0 Å². The SMILES string of the molecule is Cc1cc(Cl)cc(C)c1S(=O)(=O)Nc1nc(CC(=O)N2CCOCC2)ns1. The van der Waals surface area contributed by atoms with E-state index in [1.165, 1.54) is 0 Å². The summed E-state index contributed by atoms with van der Waals surface area (Å²) in [7, 11) is -3.84. The highest BCUT2D eigenvalue weighted by molar-refractivity contribution is 7.93. The van der Waals surface area contributed by atoms with Crippen LogP contribution < -0.4 is 4.72 Å². The van der Waals surface area contributed by atoms with Gasteiger partial charge >= 0.3 is 0 Å². The molecule has 1 N–H and O–H groups in total. The molecule has 0 saturated carbocycles. The van der Waals surface area contributed by atoms with E-state index < -0.39 is 10.0 Å². The van der Waals surface area contributed by atoms with E-state index in [0.29, 0.717) is 48.3 Å². The number of amides is 1. The number of nitrogens with one attached hydrogen (secondary N) is 1. The van der Waals surface area contributed by atoms with Crippen LogP contribution in [0.1, 0.15) is 17.0 Å². The number of aromatic nitrogens is 2. The van der Waals surface area contributed by atoms with E-state index in [-0.39, 0.29) is 22.4 Å². The van der Waals surface area contributed by atoms with E-state index in [4.69, 9.17) is 16.3 Å². The molecule has 2 heterocycles. The molecule has 1 aromatic carbocycles. The Kier molecular flexibility index (Phi) is 5.99. The van der Waals surface area contributed by atoms with Crippen molar-refractivity contribution in [2.24, 2.45) is 0 Å². The number of halogens is 1. The van der Waals surface area contributed by atoms with Crippen LogP contribution >= 0.6 is 23.1 Å². The zero-order valence-corrected chi connectivity index (χ0v) is 17.2. The average Bonchev–Trinajstić information content (AvgIpc) is 3.00. The highest BCUT2D eigenvalue weighted by atomic mass is 35.5. The monoisotopic (exact) mass is 430 g/mol. The molecule has 1 fully saturated rings. The third-order valence-corrected chi connectivity index (χ3v) is 6.72. The van der Waals surface area contributed by atoms with Crippen molar-refractivity contribution in [3.8, 4) is 0 Å². The Bertz CT molecular complexity index is 932. The summed E-state index contributed by atoms with van der Waals surface area (Å²) in [5, 5.41) is 0.595. The molecule has 1 amide bonds. The number of carbonyl (C=O) groups is 1. The zero-order valence-electron chi connectivity index (χ0n) is 14.9. The lowest BCUT2D eigenvalue weighted by molar-refractivity contribution is -0.134. The molecule has 1 saturated heterocycles. The van der Waals surface area contributed by atoms with Gasteiger partial charge in [-0.15, -0.1) is 0 Å². The molecular formula is C16H19ClN4O4S2. The van der Waals surface area contributed by atoms with Crippen molar-refractivity contribution in [3.05, 3.63) is 34.1 Å². The van der Waals surface area contributed by atoms with Crippen LogP contribution in [0.2, 0.25) is 5.02 Å². The number of ether oxygens (including phenoxy) is 1. The lowest BCUT2D eigenvalue weighted by Crippen LogP contribution is -2.41. The molecule has 1 aliphatic heterocycles. The van der Waals surface area contributed by atoms with Crippen molar-refractivity contribution >= 4 is 44.2 Å². The standard InChI is InChI=1S/C16H19ClN4O4S2/c1-10-7-12(17)8-11(2)15(10)27(23,24)20-16-18-13(19-26-16)9-14(22)21-3-5-25-6-4-21/h7-8H,3-6,9H2,1-2H3,(H,18,19,20). The molecule has 8 nitrogen and oxygen atoms in total. The second kappa shape index (κ2) is 8.09. The van der Waals surface area contributed by atoms with Crippen LogP contribution in [0.4, 0.5) is 5.13 Å². The van der Waals surface area contributed by atoms with Crippen molar-refractivity contribution in [1.29, 1.82) is 0 Å². The summed E-state index contributed by atoms with van der Waals surface area (Å²) in [6.45, 7) is 5.47. The van der Waals surface area contributed by atoms with E-state index in [2.05, 4.69) is 14.1 Å². The Morgan fingerprint density at radius 1 is 1.30 bits per heavy atom. The van der Waals surface area contributed by atoms with Crippen molar-refractivity contribution in [2.75, 3.05) is 31.0 Å². The first-order valence-electron chi connectivity index (χ1n) is 8.24. The number of sulfonamides is 1. The minimum atomic E-state index is -3.84. The van der Waals surface area contributed by atoms with Gasteiger partial charge in [0.1, 0.15) is 0 Å².